The van der Waals surface area contributed by atoms with E-state index in [2.05, 4.69) is 41.2 Å². The Morgan fingerprint density at radius 1 is 0.881 bits per heavy atom. The Morgan fingerprint density at radius 3 is 2.29 bits per heavy atom. The fourth-order valence-electron chi connectivity index (χ4n) is 6.63. The normalized spacial score (nSPS) is 19.6. The Balaban J connectivity index is 1.50. The molecule has 4 aromatic rings. The van der Waals surface area contributed by atoms with Crippen molar-refractivity contribution in [2.75, 3.05) is 24.6 Å². The maximum absolute atomic E-state index is 14.9. The molecule has 0 bridgehead atoms. The van der Waals surface area contributed by atoms with Crippen LogP contribution in [0.4, 0.5) is 0 Å². The third kappa shape index (κ3) is 13.0. The number of hydrogen-bond acceptors (Lipinski definition) is 10. The summed E-state index contributed by atoms with van der Waals surface area (Å²) >= 11 is 0. The van der Waals surface area contributed by atoms with Gasteiger partial charge in [0.15, 0.2) is 5.96 Å². The first kappa shape index (κ1) is 44.1. The van der Waals surface area contributed by atoms with E-state index in [0.29, 0.717) is 18.5 Å². The molecule has 1 saturated heterocycles. The third-order valence-electron chi connectivity index (χ3n) is 9.57. The van der Waals surface area contributed by atoms with Gasteiger partial charge in [-0.2, -0.15) is 0 Å². The number of imidazole rings is 1. The number of aromatic amines is 2. The highest BCUT2D eigenvalue weighted by atomic mass is 33.1. The Morgan fingerprint density at radius 2 is 1.58 bits per heavy atom. The van der Waals surface area contributed by atoms with Gasteiger partial charge in [-0.1, -0.05) is 70.1 Å². The van der Waals surface area contributed by atoms with Crippen molar-refractivity contribution in [3.05, 3.63) is 90.1 Å². The minimum absolute atomic E-state index is 0.00385. The van der Waals surface area contributed by atoms with Crippen molar-refractivity contribution in [3.63, 3.8) is 0 Å². The number of benzene rings is 2. The smallest absolute Gasteiger partial charge is 0.246 e. The van der Waals surface area contributed by atoms with Gasteiger partial charge in [-0.15, -0.1) is 0 Å². The minimum Gasteiger partial charge on any atom is -0.370 e. The van der Waals surface area contributed by atoms with Gasteiger partial charge in [0.1, 0.15) is 30.2 Å². The van der Waals surface area contributed by atoms with Crippen LogP contribution in [0.25, 0.3) is 10.9 Å². The van der Waals surface area contributed by atoms with Crippen LogP contribution in [0.15, 0.2) is 78.3 Å². The number of nitrogens with two attached hydrogens (primary N) is 3. The Kier molecular flexibility index (Phi) is 16.2. The number of carbonyl (C=O) groups is 6. The Labute approximate surface area is 348 Å². The summed E-state index contributed by atoms with van der Waals surface area (Å²) in [6.07, 6.45) is 5.70. The van der Waals surface area contributed by atoms with E-state index >= 15 is 0 Å². The molecule has 5 rings (SSSR count). The van der Waals surface area contributed by atoms with Crippen molar-refractivity contribution in [1.29, 1.82) is 0 Å². The first-order chi connectivity index (χ1) is 28.4. The number of hydrogen-bond donors (Lipinski definition) is 9. The van der Waals surface area contributed by atoms with Crippen LogP contribution >= 0.6 is 21.6 Å². The molecule has 3 heterocycles. The van der Waals surface area contributed by atoms with Crippen molar-refractivity contribution in [3.8, 4) is 0 Å². The molecule has 20 heteroatoms. The standard InChI is InChI=1S/C39H50N12O6S2/c1-23(52)47-31-20-58-59-21-32(38(57)51(14-8-7-13-44-39(41)42)33(34(40)53)16-25-18-45-28-12-6-5-11-27(25)28)50-35(54)29(15-24-9-3-2-4-10-24)48-36(55)30(49-37(31)56)17-26-19-43-22-46-26/h2-6,9-12,18-19,22,29-33,45H,7-8,13-17,20-21H2,1H3,(H2,40,53)(H,43,46)(H,47,52)(H,48,55)(H,49,56)(H,50,54)(H4,41,42,44)/t29-,30+,31+,32+,33-/m1/s1. The van der Waals surface area contributed by atoms with Crippen molar-refractivity contribution in [1.82, 2.24) is 41.1 Å². The molecule has 1 aliphatic rings. The number of amides is 6. The number of nitrogens with one attached hydrogen (secondary N) is 6. The lowest BCUT2D eigenvalue weighted by molar-refractivity contribution is -0.142. The topological polar surface area (TPSA) is 289 Å². The van der Waals surface area contributed by atoms with Gasteiger partial charge in [0.05, 0.1) is 6.33 Å². The average Bonchev–Trinajstić information content (AvgIpc) is 3.88. The van der Waals surface area contributed by atoms with Crippen LogP contribution in [0.5, 0.6) is 0 Å². The highest BCUT2D eigenvalue weighted by Gasteiger charge is 2.37. The molecule has 0 spiro atoms. The predicted molar refractivity (Wildman–Crippen MR) is 227 cm³/mol. The molecule has 12 N–H and O–H groups in total. The van der Waals surface area contributed by atoms with E-state index in [1.807, 2.05) is 30.3 Å². The van der Waals surface area contributed by atoms with Crippen LogP contribution in [0.1, 0.15) is 36.6 Å². The van der Waals surface area contributed by atoms with E-state index in [9.17, 15) is 28.8 Å². The quantitative estimate of drug-likeness (QED) is 0.0333. The van der Waals surface area contributed by atoms with Gasteiger partial charge in [0.2, 0.25) is 35.4 Å². The predicted octanol–water partition coefficient (Wildman–Crippen LogP) is 0.00910. The second kappa shape index (κ2) is 21.7. The third-order valence-corrected chi connectivity index (χ3v) is 12.0. The second-order valence-corrected chi connectivity index (χ2v) is 16.6. The first-order valence-electron chi connectivity index (χ1n) is 19.0. The van der Waals surface area contributed by atoms with Gasteiger partial charge in [-0.3, -0.25) is 33.8 Å². The molecule has 18 nitrogen and oxygen atoms in total. The summed E-state index contributed by atoms with van der Waals surface area (Å²) in [5.74, 6) is -3.78. The first-order valence-corrected chi connectivity index (χ1v) is 21.5. The van der Waals surface area contributed by atoms with Crippen molar-refractivity contribution < 1.29 is 28.8 Å². The van der Waals surface area contributed by atoms with Crippen molar-refractivity contribution in [2.45, 2.75) is 69.2 Å². The summed E-state index contributed by atoms with van der Waals surface area (Å²) in [6, 6.07) is 10.8. The zero-order chi connectivity index (χ0) is 42.3. The lowest BCUT2D eigenvalue weighted by Gasteiger charge is -2.34. The summed E-state index contributed by atoms with van der Waals surface area (Å²) in [4.78, 5) is 98.2. The maximum atomic E-state index is 14.9. The fraction of sp³-hybridized carbons (Fsp3) is 0.385. The van der Waals surface area contributed by atoms with Gasteiger partial charge in [0.25, 0.3) is 0 Å². The average molecular weight is 847 g/mol. The number of aromatic nitrogens is 3. The summed E-state index contributed by atoms with van der Waals surface area (Å²) in [5.41, 5.74) is 20.0. The van der Waals surface area contributed by atoms with E-state index in [1.54, 1.807) is 30.5 Å². The molecule has 1 aliphatic heterocycles. The number of fused-ring (bicyclic) bond motifs is 1. The van der Waals surface area contributed by atoms with Crippen molar-refractivity contribution >= 4 is 73.9 Å². The van der Waals surface area contributed by atoms with Gasteiger partial charge >= 0.3 is 0 Å². The van der Waals surface area contributed by atoms with Crippen LogP contribution in [0, 0.1) is 0 Å². The van der Waals surface area contributed by atoms with E-state index in [1.165, 1.54) is 45.9 Å². The van der Waals surface area contributed by atoms with Crippen LogP contribution in [0.3, 0.4) is 0 Å². The van der Waals surface area contributed by atoms with E-state index in [-0.39, 0.29) is 49.8 Å². The molecule has 0 unspecified atom stereocenters. The number of carbonyl (C=O) groups excluding carboxylic acids is 6. The highest BCUT2D eigenvalue weighted by molar-refractivity contribution is 8.76. The lowest BCUT2D eigenvalue weighted by Crippen LogP contribution is -2.61. The Hall–Kier alpha value is -6.02. The van der Waals surface area contributed by atoms with Crippen LogP contribution in [-0.4, -0.2) is 116 Å². The van der Waals surface area contributed by atoms with Crippen LogP contribution < -0.4 is 38.5 Å². The number of rotatable bonds is 15. The lowest BCUT2D eigenvalue weighted by atomic mass is 10.0. The zero-order valence-corrected chi connectivity index (χ0v) is 34.2. The number of nitrogens with zero attached hydrogens (tertiary/aromatic N) is 3. The molecular formula is C39H50N12O6S2. The molecule has 0 radical (unpaired) electrons. The summed E-state index contributed by atoms with van der Waals surface area (Å²) in [5, 5.41) is 11.9. The summed E-state index contributed by atoms with van der Waals surface area (Å²) in [6.45, 7) is 1.64. The highest BCUT2D eigenvalue weighted by Crippen LogP contribution is 2.26. The Bertz CT molecular complexity index is 2090. The van der Waals surface area contributed by atoms with E-state index in [4.69, 9.17) is 17.2 Å². The second-order valence-electron chi connectivity index (χ2n) is 14.0. The number of unbranched alkanes of at least 4 members (excludes halogenated alkanes) is 1. The number of aliphatic imine (C=N–C) groups is 1. The molecule has 1 fully saturated rings. The maximum Gasteiger partial charge on any atom is 0.246 e. The molecule has 5 atom stereocenters. The molecule has 2 aromatic heterocycles. The molecule has 0 saturated carbocycles. The molecule has 0 aliphatic carbocycles. The molecule has 59 heavy (non-hydrogen) atoms. The monoisotopic (exact) mass is 846 g/mol. The van der Waals surface area contributed by atoms with Crippen LogP contribution in [0.2, 0.25) is 0 Å². The van der Waals surface area contributed by atoms with E-state index in [0.717, 1.165) is 22.0 Å². The zero-order valence-electron chi connectivity index (χ0n) is 32.5. The van der Waals surface area contributed by atoms with Crippen molar-refractivity contribution in [2.24, 2.45) is 22.2 Å². The largest absolute Gasteiger partial charge is 0.370 e. The number of primary amides is 1. The fourth-order valence-corrected chi connectivity index (χ4v) is 8.95. The number of para-hydroxylation sites is 1. The van der Waals surface area contributed by atoms with Gasteiger partial charge < -0.3 is 53.3 Å². The molecule has 314 valence electrons. The van der Waals surface area contributed by atoms with E-state index < -0.39 is 65.7 Å². The summed E-state index contributed by atoms with van der Waals surface area (Å²) < 4.78 is 0. The minimum atomic E-state index is -1.23. The number of guanidine groups is 1. The molecule has 2 aromatic carbocycles. The summed E-state index contributed by atoms with van der Waals surface area (Å²) in [7, 11) is 2.39. The molecular weight excluding hydrogens is 797 g/mol. The number of H-pyrrole nitrogens is 2. The van der Waals surface area contributed by atoms with Crippen LogP contribution in [-0.2, 0) is 48.0 Å². The molecule has 6 amide bonds. The van der Waals surface area contributed by atoms with Gasteiger partial charge in [0, 0.05) is 79.8 Å². The van der Waals surface area contributed by atoms with Gasteiger partial charge in [-0.05, 0) is 30.0 Å². The SMILES string of the molecule is CC(=O)N[C@H]1CSSC[C@@H](C(=O)N(CCCCN=C(N)N)[C@H](Cc2c[nH]c3ccccc23)C(N)=O)NC(=O)[C@@H](Cc2ccccc2)NC(=O)[C@H](Cc2cnc[nH]2)NC1=O. The van der Waals surface area contributed by atoms with Gasteiger partial charge in [-0.25, -0.2) is 4.98 Å².